The number of carbonyl (C=O) groups is 1. The highest BCUT2D eigenvalue weighted by molar-refractivity contribution is 7.89. The van der Waals surface area contributed by atoms with Gasteiger partial charge in [-0.1, -0.05) is 6.07 Å². The second-order valence-electron chi connectivity index (χ2n) is 7.06. The number of thiocarbonyl (C=S) groups is 1. The molecular weight excluding hydrogens is 372 g/mol. The number of amides is 1. The molecule has 0 fully saturated rings. The normalized spacial score (nSPS) is 12.0. The Balaban J connectivity index is 2.87. The van der Waals surface area contributed by atoms with Gasteiger partial charge in [-0.25, -0.2) is 12.7 Å². The van der Waals surface area contributed by atoms with Crippen LogP contribution in [-0.2, 0) is 14.8 Å². The molecule has 0 saturated heterocycles. The van der Waals surface area contributed by atoms with E-state index in [1.54, 1.807) is 17.0 Å². The van der Waals surface area contributed by atoms with Crippen molar-refractivity contribution in [3.05, 3.63) is 24.3 Å². The molecule has 2 N–H and O–H groups in total. The maximum absolute atomic E-state index is 12.2. The van der Waals surface area contributed by atoms with Gasteiger partial charge >= 0.3 is 0 Å². The van der Waals surface area contributed by atoms with Crippen LogP contribution in [0.5, 0.6) is 0 Å². The predicted molar refractivity (Wildman–Crippen MR) is 109 cm³/mol. The number of nitrogens with zero attached hydrogens (tertiary/aromatic N) is 2. The zero-order valence-corrected chi connectivity index (χ0v) is 17.8. The first-order valence-corrected chi connectivity index (χ1v) is 10.1. The Bertz CT molecular complexity index is 756. The first kappa shape index (κ1) is 22.3. The van der Waals surface area contributed by atoms with Gasteiger partial charge in [-0.05, 0) is 58.1 Å². The molecule has 0 radical (unpaired) electrons. The Morgan fingerprint density at radius 2 is 1.85 bits per heavy atom. The molecule has 7 nitrogen and oxygen atoms in total. The van der Waals surface area contributed by atoms with Crippen molar-refractivity contribution in [2.24, 2.45) is 0 Å². The third kappa shape index (κ3) is 6.54. The second-order valence-corrected chi connectivity index (χ2v) is 9.60. The molecule has 9 heteroatoms. The molecule has 0 bridgehead atoms. The van der Waals surface area contributed by atoms with Crippen molar-refractivity contribution in [1.29, 1.82) is 0 Å². The molecule has 1 aromatic carbocycles. The lowest BCUT2D eigenvalue weighted by Gasteiger charge is -2.27. The van der Waals surface area contributed by atoms with Crippen LogP contribution < -0.4 is 10.6 Å². The maximum Gasteiger partial charge on any atom is 0.242 e. The van der Waals surface area contributed by atoms with E-state index >= 15 is 0 Å². The van der Waals surface area contributed by atoms with E-state index in [0.717, 1.165) is 4.31 Å². The lowest BCUT2D eigenvalue weighted by atomic mass is 10.1. The molecule has 0 atom stereocenters. The Morgan fingerprint density at radius 3 is 2.35 bits per heavy atom. The van der Waals surface area contributed by atoms with Crippen molar-refractivity contribution < 1.29 is 13.2 Å². The molecular formula is C17H28N4O3S2. The number of carbonyl (C=O) groups excluding carboxylic acids is 1. The zero-order chi connectivity index (χ0) is 20.1. The van der Waals surface area contributed by atoms with Gasteiger partial charge in [0.1, 0.15) is 0 Å². The Kier molecular flexibility index (Phi) is 7.55. The lowest BCUT2D eigenvalue weighted by molar-refractivity contribution is -0.122. The minimum atomic E-state index is -3.53. The van der Waals surface area contributed by atoms with Crippen molar-refractivity contribution in [1.82, 2.24) is 14.5 Å². The fourth-order valence-corrected chi connectivity index (χ4v) is 3.37. The smallest absolute Gasteiger partial charge is 0.242 e. The van der Waals surface area contributed by atoms with Gasteiger partial charge in [0.05, 0.1) is 11.4 Å². The second kappa shape index (κ2) is 8.79. The van der Waals surface area contributed by atoms with Crippen molar-refractivity contribution in [2.45, 2.75) is 38.1 Å². The van der Waals surface area contributed by atoms with Crippen molar-refractivity contribution in [3.8, 4) is 0 Å². The first-order chi connectivity index (χ1) is 11.9. The van der Waals surface area contributed by atoms with Gasteiger partial charge in [-0.3, -0.25) is 4.79 Å². The van der Waals surface area contributed by atoms with Crippen LogP contribution >= 0.6 is 12.2 Å². The van der Waals surface area contributed by atoms with Crippen LogP contribution in [0.15, 0.2) is 29.2 Å². The van der Waals surface area contributed by atoms with Crippen LogP contribution in [0.3, 0.4) is 0 Å². The number of hydrogen-bond acceptors (Lipinski definition) is 4. The number of sulfonamides is 1. The number of hydrogen-bond donors (Lipinski definition) is 2. The highest BCUT2D eigenvalue weighted by atomic mass is 32.2. The van der Waals surface area contributed by atoms with Gasteiger partial charge in [0.25, 0.3) is 0 Å². The largest absolute Gasteiger partial charge is 0.350 e. The highest BCUT2D eigenvalue weighted by Gasteiger charge is 2.19. The molecule has 0 unspecified atom stereocenters. The average molecular weight is 401 g/mol. The van der Waals surface area contributed by atoms with Crippen LogP contribution in [0.4, 0.5) is 5.69 Å². The molecule has 0 heterocycles. The summed E-state index contributed by atoms with van der Waals surface area (Å²) in [7, 11) is -0.570. The van der Waals surface area contributed by atoms with E-state index in [9.17, 15) is 13.2 Å². The molecule has 146 valence electrons. The number of likely N-dealkylation sites (N-methyl/N-ethyl adjacent to an activating group) is 1. The molecule has 0 spiro atoms. The summed E-state index contributed by atoms with van der Waals surface area (Å²) in [5, 5.41) is 6.26. The van der Waals surface area contributed by atoms with Crippen LogP contribution in [0.25, 0.3) is 0 Å². The summed E-state index contributed by atoms with van der Waals surface area (Å²) in [4.78, 5) is 14.0. The predicted octanol–water partition coefficient (Wildman–Crippen LogP) is 1.87. The van der Waals surface area contributed by atoms with Crippen LogP contribution in [0, 0.1) is 0 Å². The van der Waals surface area contributed by atoms with Crippen LogP contribution in [0.1, 0.15) is 27.7 Å². The number of rotatable bonds is 6. The van der Waals surface area contributed by atoms with Gasteiger partial charge in [0.2, 0.25) is 15.9 Å². The third-order valence-corrected chi connectivity index (χ3v) is 5.55. The quantitative estimate of drug-likeness (QED) is 0.710. The van der Waals surface area contributed by atoms with E-state index in [2.05, 4.69) is 10.6 Å². The van der Waals surface area contributed by atoms with Crippen molar-refractivity contribution in [2.75, 3.05) is 32.5 Å². The third-order valence-electron chi connectivity index (χ3n) is 3.38. The molecule has 1 amide bonds. The van der Waals surface area contributed by atoms with E-state index in [4.69, 9.17) is 12.2 Å². The summed E-state index contributed by atoms with van der Waals surface area (Å²) in [6.07, 6.45) is 0. The summed E-state index contributed by atoms with van der Waals surface area (Å²) in [5.74, 6) is -0.132. The Morgan fingerprint density at radius 1 is 1.23 bits per heavy atom. The summed E-state index contributed by atoms with van der Waals surface area (Å²) < 4.78 is 25.6. The summed E-state index contributed by atoms with van der Waals surface area (Å²) in [6, 6.07) is 6.41. The Hall–Kier alpha value is -1.71. The molecule has 1 aromatic rings. The van der Waals surface area contributed by atoms with Gasteiger partial charge in [-0.15, -0.1) is 0 Å². The molecule has 0 aliphatic heterocycles. The van der Waals surface area contributed by atoms with E-state index in [1.165, 1.54) is 26.2 Å². The minimum Gasteiger partial charge on any atom is -0.350 e. The van der Waals surface area contributed by atoms with Gasteiger partial charge in [0.15, 0.2) is 5.11 Å². The van der Waals surface area contributed by atoms with E-state index in [1.807, 2.05) is 27.7 Å². The van der Waals surface area contributed by atoms with Crippen LogP contribution in [0.2, 0.25) is 0 Å². The van der Waals surface area contributed by atoms with Crippen molar-refractivity contribution in [3.63, 3.8) is 0 Å². The van der Waals surface area contributed by atoms with E-state index in [-0.39, 0.29) is 22.9 Å². The standard InChI is InChI=1S/C17H28N4O3S2/c1-7-21(12-15(22)19-17(2,3)4)16(25)18-13-9-8-10-14(11-13)26(23,24)20(5)6/h8-11H,7,12H2,1-6H3,(H,18,25)(H,19,22). The first-order valence-electron chi connectivity index (χ1n) is 8.26. The van der Waals surface area contributed by atoms with E-state index in [0.29, 0.717) is 17.3 Å². The fraction of sp³-hybridized carbons (Fsp3) is 0.529. The van der Waals surface area contributed by atoms with Gasteiger partial charge in [0, 0.05) is 31.9 Å². The molecule has 26 heavy (non-hydrogen) atoms. The molecule has 0 aromatic heterocycles. The number of nitrogens with one attached hydrogen (secondary N) is 2. The van der Waals surface area contributed by atoms with E-state index < -0.39 is 10.0 Å². The number of benzene rings is 1. The average Bonchev–Trinajstić information content (AvgIpc) is 2.50. The molecule has 0 saturated carbocycles. The number of anilines is 1. The summed E-state index contributed by atoms with van der Waals surface area (Å²) in [6.45, 7) is 8.29. The summed E-state index contributed by atoms with van der Waals surface area (Å²) in [5.41, 5.74) is 0.230. The lowest BCUT2D eigenvalue weighted by Crippen LogP contribution is -2.48. The topological polar surface area (TPSA) is 81.8 Å². The SMILES string of the molecule is CCN(CC(=O)NC(C)(C)C)C(=S)Nc1cccc(S(=O)(=O)N(C)C)c1. The monoisotopic (exact) mass is 400 g/mol. The van der Waals surface area contributed by atoms with Gasteiger partial charge < -0.3 is 15.5 Å². The summed E-state index contributed by atoms with van der Waals surface area (Å²) >= 11 is 5.38. The van der Waals surface area contributed by atoms with Gasteiger partial charge in [-0.2, -0.15) is 0 Å². The fourth-order valence-electron chi connectivity index (χ4n) is 2.11. The molecule has 0 aliphatic carbocycles. The van der Waals surface area contributed by atoms with Crippen LogP contribution in [-0.4, -0.2) is 61.4 Å². The highest BCUT2D eigenvalue weighted by Crippen LogP contribution is 2.18. The Labute approximate surface area is 161 Å². The zero-order valence-electron chi connectivity index (χ0n) is 16.2. The van der Waals surface area contributed by atoms with Crippen molar-refractivity contribution >= 4 is 38.9 Å². The minimum absolute atomic E-state index is 0.120. The molecule has 1 rings (SSSR count). The maximum atomic E-state index is 12.2. The molecule has 0 aliphatic rings.